The summed E-state index contributed by atoms with van der Waals surface area (Å²) < 4.78 is 40.6. The van der Waals surface area contributed by atoms with Gasteiger partial charge in [-0.2, -0.15) is 18.3 Å². The van der Waals surface area contributed by atoms with Crippen molar-refractivity contribution in [1.29, 1.82) is 0 Å². The Morgan fingerprint density at radius 3 is 2.77 bits per heavy atom. The van der Waals surface area contributed by atoms with Crippen LogP contribution in [-0.4, -0.2) is 32.4 Å². The molecule has 1 aliphatic heterocycles. The highest BCUT2D eigenvalue weighted by Gasteiger charge is 2.37. The van der Waals surface area contributed by atoms with Crippen LogP contribution in [0.1, 0.15) is 36.2 Å². The van der Waals surface area contributed by atoms with Gasteiger partial charge in [0, 0.05) is 30.4 Å². The van der Waals surface area contributed by atoms with Gasteiger partial charge in [0.15, 0.2) is 0 Å². The van der Waals surface area contributed by atoms with Crippen LogP contribution in [0.3, 0.4) is 0 Å². The third-order valence-corrected chi connectivity index (χ3v) is 5.81. The number of nitrogens with zero attached hydrogens (tertiary/aromatic N) is 4. The molecule has 30 heavy (non-hydrogen) atoms. The van der Waals surface area contributed by atoms with Crippen LogP contribution in [0.15, 0.2) is 41.7 Å². The molecule has 0 bridgehead atoms. The molecule has 1 fully saturated rings. The zero-order valence-electron chi connectivity index (χ0n) is 16.4. The SMILES string of the molecule is Cn1cc(C2=CC(C(N)=O)=NC3CC(Cc4cccc(C(F)(F)F)n4)CCC23)cn1. The normalized spacial score (nSPS) is 24.1. The zero-order chi connectivity index (χ0) is 21.5. The Labute approximate surface area is 171 Å². The number of primary amides is 1. The summed E-state index contributed by atoms with van der Waals surface area (Å²) in [5.41, 5.74) is 7.20. The molecule has 1 amide bonds. The van der Waals surface area contributed by atoms with E-state index in [9.17, 15) is 18.0 Å². The second-order valence-electron chi connectivity index (χ2n) is 7.95. The van der Waals surface area contributed by atoms with E-state index in [0.717, 1.165) is 30.0 Å². The van der Waals surface area contributed by atoms with E-state index in [2.05, 4.69) is 15.1 Å². The fraction of sp³-hybridized carbons (Fsp3) is 0.429. The molecule has 2 aromatic heterocycles. The summed E-state index contributed by atoms with van der Waals surface area (Å²) in [5.74, 6) is -0.326. The number of nitrogens with two attached hydrogens (primary N) is 1. The lowest BCUT2D eigenvalue weighted by Crippen LogP contribution is -2.36. The monoisotopic (exact) mass is 417 g/mol. The van der Waals surface area contributed by atoms with Crippen molar-refractivity contribution in [3.8, 4) is 0 Å². The number of carbonyl (C=O) groups excluding carboxylic acids is 1. The molecule has 4 rings (SSSR count). The van der Waals surface area contributed by atoms with Crippen LogP contribution in [0.4, 0.5) is 13.2 Å². The number of carbonyl (C=O) groups is 1. The van der Waals surface area contributed by atoms with Crippen molar-refractivity contribution in [2.75, 3.05) is 0 Å². The van der Waals surface area contributed by atoms with Gasteiger partial charge in [-0.1, -0.05) is 6.07 Å². The Morgan fingerprint density at radius 2 is 2.10 bits per heavy atom. The lowest BCUT2D eigenvalue weighted by molar-refractivity contribution is -0.141. The van der Waals surface area contributed by atoms with Crippen LogP contribution in [0.5, 0.6) is 0 Å². The predicted octanol–water partition coefficient (Wildman–Crippen LogP) is 3.18. The van der Waals surface area contributed by atoms with Gasteiger partial charge in [0.05, 0.1) is 12.2 Å². The van der Waals surface area contributed by atoms with Gasteiger partial charge in [-0.25, -0.2) is 4.98 Å². The highest BCUT2D eigenvalue weighted by atomic mass is 19.4. The molecular weight excluding hydrogens is 395 g/mol. The van der Waals surface area contributed by atoms with Crippen molar-refractivity contribution < 1.29 is 18.0 Å². The molecule has 0 aromatic carbocycles. The van der Waals surface area contributed by atoms with Gasteiger partial charge in [0.2, 0.25) is 0 Å². The molecule has 158 valence electrons. The third kappa shape index (κ3) is 4.15. The molecule has 0 saturated heterocycles. The highest BCUT2D eigenvalue weighted by Crippen LogP contribution is 2.42. The van der Waals surface area contributed by atoms with Gasteiger partial charge in [0.1, 0.15) is 11.4 Å². The number of fused-ring (bicyclic) bond motifs is 1. The molecular formula is C21H22F3N5O. The van der Waals surface area contributed by atoms with E-state index in [1.807, 2.05) is 13.2 Å². The van der Waals surface area contributed by atoms with Crippen molar-refractivity contribution in [3.05, 3.63) is 53.6 Å². The first-order valence-electron chi connectivity index (χ1n) is 9.82. The molecule has 1 saturated carbocycles. The number of alkyl halides is 3. The summed E-state index contributed by atoms with van der Waals surface area (Å²) >= 11 is 0. The Bertz CT molecular complexity index is 1020. The highest BCUT2D eigenvalue weighted by molar-refractivity contribution is 6.44. The molecule has 3 heterocycles. The second-order valence-corrected chi connectivity index (χ2v) is 7.95. The Hall–Kier alpha value is -2.97. The number of pyridine rings is 1. The van der Waals surface area contributed by atoms with Crippen LogP contribution in [0, 0.1) is 11.8 Å². The van der Waals surface area contributed by atoms with E-state index in [0.29, 0.717) is 18.5 Å². The number of hydrogen-bond acceptors (Lipinski definition) is 4. The van der Waals surface area contributed by atoms with E-state index in [1.54, 1.807) is 23.0 Å². The molecule has 9 heteroatoms. The summed E-state index contributed by atoms with van der Waals surface area (Å²) in [6, 6.07) is 3.86. The van der Waals surface area contributed by atoms with Gasteiger partial charge < -0.3 is 5.73 Å². The van der Waals surface area contributed by atoms with Crippen molar-refractivity contribution in [3.63, 3.8) is 0 Å². The van der Waals surface area contributed by atoms with Gasteiger partial charge in [-0.15, -0.1) is 0 Å². The maximum atomic E-state index is 13.0. The number of rotatable bonds is 4. The Morgan fingerprint density at radius 1 is 1.30 bits per heavy atom. The zero-order valence-corrected chi connectivity index (χ0v) is 16.4. The minimum atomic E-state index is -4.46. The summed E-state index contributed by atoms with van der Waals surface area (Å²) in [6.07, 6.45) is 3.72. The fourth-order valence-corrected chi connectivity index (χ4v) is 4.44. The summed E-state index contributed by atoms with van der Waals surface area (Å²) in [7, 11) is 1.83. The van der Waals surface area contributed by atoms with Gasteiger partial charge in [-0.05, 0) is 55.4 Å². The largest absolute Gasteiger partial charge is 0.433 e. The minimum absolute atomic E-state index is 0.128. The standard InChI is InChI=1S/C21H22F3N5O/c1-29-11-13(10-26-29)16-9-18(20(25)30)28-17-8-12(5-6-15(16)17)7-14-3-2-4-19(27-14)21(22,23)24/h2-4,9-12,15,17H,5-8H2,1H3,(H2,25,30). The smallest absolute Gasteiger partial charge is 0.364 e. The Kier molecular flexibility index (Phi) is 5.21. The number of halogens is 3. The predicted molar refractivity (Wildman–Crippen MR) is 105 cm³/mol. The van der Waals surface area contributed by atoms with E-state index < -0.39 is 17.8 Å². The number of amides is 1. The minimum Gasteiger partial charge on any atom is -0.364 e. The third-order valence-electron chi connectivity index (χ3n) is 5.81. The van der Waals surface area contributed by atoms with E-state index in [1.165, 1.54) is 6.07 Å². The first-order chi connectivity index (χ1) is 14.2. The van der Waals surface area contributed by atoms with Crippen molar-refractivity contribution in [2.45, 2.75) is 37.9 Å². The lowest BCUT2D eigenvalue weighted by Gasteiger charge is -2.37. The molecule has 2 aromatic rings. The van der Waals surface area contributed by atoms with E-state index in [-0.39, 0.29) is 23.6 Å². The second kappa shape index (κ2) is 7.70. The molecule has 0 radical (unpaired) electrons. The van der Waals surface area contributed by atoms with Gasteiger partial charge >= 0.3 is 6.18 Å². The summed E-state index contributed by atoms with van der Waals surface area (Å²) in [5, 5.41) is 4.22. The van der Waals surface area contributed by atoms with Crippen molar-refractivity contribution in [2.24, 2.45) is 29.6 Å². The molecule has 2 aliphatic rings. The molecule has 6 nitrogen and oxygen atoms in total. The Balaban J connectivity index is 1.55. The molecule has 0 spiro atoms. The average molecular weight is 417 g/mol. The molecule has 3 unspecified atom stereocenters. The van der Waals surface area contributed by atoms with Crippen LogP contribution >= 0.6 is 0 Å². The maximum absolute atomic E-state index is 13.0. The molecule has 2 N–H and O–H groups in total. The first-order valence-corrected chi connectivity index (χ1v) is 9.82. The first kappa shape index (κ1) is 20.3. The fourth-order valence-electron chi connectivity index (χ4n) is 4.44. The van der Waals surface area contributed by atoms with Crippen molar-refractivity contribution >= 4 is 17.2 Å². The quantitative estimate of drug-likeness (QED) is 0.829. The van der Waals surface area contributed by atoms with Crippen molar-refractivity contribution in [1.82, 2.24) is 14.8 Å². The van der Waals surface area contributed by atoms with E-state index >= 15 is 0 Å². The van der Waals surface area contributed by atoms with Gasteiger partial charge in [-0.3, -0.25) is 14.5 Å². The average Bonchev–Trinajstić information content (AvgIpc) is 3.12. The lowest BCUT2D eigenvalue weighted by atomic mass is 9.71. The maximum Gasteiger partial charge on any atom is 0.433 e. The van der Waals surface area contributed by atoms with Gasteiger partial charge in [0.25, 0.3) is 5.91 Å². The number of aliphatic imine (C=N–C) groups is 1. The number of dihydropyridines is 1. The van der Waals surface area contributed by atoms with Crippen LogP contribution in [0.2, 0.25) is 0 Å². The topological polar surface area (TPSA) is 86.2 Å². The molecule has 3 atom stereocenters. The number of hydrogen-bond donors (Lipinski definition) is 1. The number of aromatic nitrogens is 3. The van der Waals surface area contributed by atoms with Crippen LogP contribution < -0.4 is 5.73 Å². The summed E-state index contributed by atoms with van der Waals surface area (Å²) in [4.78, 5) is 20.2. The van der Waals surface area contributed by atoms with Crippen LogP contribution in [-0.2, 0) is 24.4 Å². The number of aryl methyl sites for hydroxylation is 1. The van der Waals surface area contributed by atoms with E-state index in [4.69, 9.17) is 5.73 Å². The molecule has 1 aliphatic carbocycles. The summed E-state index contributed by atoms with van der Waals surface area (Å²) in [6.45, 7) is 0. The van der Waals surface area contributed by atoms with Crippen LogP contribution in [0.25, 0.3) is 5.57 Å².